The minimum Gasteiger partial charge on any atom is -0.439 e. The second kappa shape index (κ2) is 6.30. The molecule has 106 valence electrons. The number of rotatable bonds is 7. The van der Waals surface area contributed by atoms with Gasteiger partial charge in [0, 0.05) is 20.8 Å². The maximum Gasteiger partial charge on any atom is 0.304 e. The molecule has 8 nitrogen and oxygen atoms in total. The Hall–Kier alpha value is -1.93. The van der Waals surface area contributed by atoms with Crippen molar-refractivity contribution < 1.29 is 38.9 Å². The highest BCUT2D eigenvalue weighted by Crippen LogP contribution is 2.22. The van der Waals surface area contributed by atoms with Gasteiger partial charge in [-0.2, -0.15) is 0 Å². The molecule has 0 amide bonds. The SMILES string of the molecule is CC(=O)OC(C(=O)C(C)=O)(C(=O)C(C)=O)C(O)CO. The predicted molar refractivity (Wildman–Crippen MR) is 59.0 cm³/mol. The van der Waals surface area contributed by atoms with Crippen LogP contribution in [0.25, 0.3) is 0 Å². The van der Waals surface area contributed by atoms with Crippen LogP contribution in [0.5, 0.6) is 0 Å². The minimum absolute atomic E-state index is 0.776. The zero-order valence-corrected chi connectivity index (χ0v) is 10.6. The highest BCUT2D eigenvalue weighted by molar-refractivity contribution is 6.53. The zero-order chi connectivity index (χ0) is 15.4. The van der Waals surface area contributed by atoms with Crippen molar-refractivity contribution in [3.8, 4) is 0 Å². The van der Waals surface area contributed by atoms with Gasteiger partial charge in [-0.1, -0.05) is 0 Å². The van der Waals surface area contributed by atoms with Gasteiger partial charge in [0.05, 0.1) is 6.61 Å². The van der Waals surface area contributed by atoms with Gasteiger partial charge in [-0.25, -0.2) is 0 Å². The molecule has 0 saturated carbocycles. The van der Waals surface area contributed by atoms with Crippen LogP contribution in [-0.2, 0) is 28.7 Å². The summed E-state index contributed by atoms with van der Waals surface area (Å²) in [5.74, 6) is -6.74. The van der Waals surface area contributed by atoms with Crippen LogP contribution in [0.3, 0.4) is 0 Å². The van der Waals surface area contributed by atoms with E-state index in [9.17, 15) is 29.1 Å². The fourth-order valence-corrected chi connectivity index (χ4v) is 1.44. The van der Waals surface area contributed by atoms with E-state index in [1.54, 1.807) is 0 Å². The van der Waals surface area contributed by atoms with E-state index >= 15 is 0 Å². The van der Waals surface area contributed by atoms with Gasteiger partial charge in [0.1, 0.15) is 6.10 Å². The van der Waals surface area contributed by atoms with Gasteiger partial charge in [0.25, 0.3) is 17.2 Å². The molecule has 1 unspecified atom stereocenters. The van der Waals surface area contributed by atoms with Crippen molar-refractivity contribution in [3.05, 3.63) is 0 Å². The number of hydrogen-bond donors (Lipinski definition) is 2. The lowest BCUT2D eigenvalue weighted by molar-refractivity contribution is -0.187. The van der Waals surface area contributed by atoms with Crippen LogP contribution in [0, 0.1) is 0 Å². The summed E-state index contributed by atoms with van der Waals surface area (Å²) in [6, 6.07) is 0. The van der Waals surface area contributed by atoms with Gasteiger partial charge in [0.2, 0.25) is 0 Å². The van der Waals surface area contributed by atoms with Crippen LogP contribution in [-0.4, -0.2) is 57.6 Å². The van der Waals surface area contributed by atoms with E-state index in [1.807, 2.05) is 0 Å². The molecule has 0 spiro atoms. The van der Waals surface area contributed by atoms with Crippen molar-refractivity contribution in [3.63, 3.8) is 0 Å². The average molecular weight is 274 g/mol. The third kappa shape index (κ3) is 3.30. The Balaban J connectivity index is 6.08. The van der Waals surface area contributed by atoms with E-state index in [2.05, 4.69) is 4.74 Å². The second-order valence-electron chi connectivity index (χ2n) is 3.80. The van der Waals surface area contributed by atoms with Crippen molar-refractivity contribution >= 4 is 29.1 Å². The summed E-state index contributed by atoms with van der Waals surface area (Å²) in [7, 11) is 0. The molecule has 8 heteroatoms. The maximum atomic E-state index is 11.8. The Morgan fingerprint density at radius 2 is 1.37 bits per heavy atom. The molecular weight excluding hydrogens is 260 g/mol. The molecular formula is C11H14O8. The molecule has 0 aromatic rings. The first-order valence-electron chi connectivity index (χ1n) is 5.20. The molecule has 0 aromatic carbocycles. The maximum absolute atomic E-state index is 11.8. The monoisotopic (exact) mass is 274 g/mol. The van der Waals surface area contributed by atoms with Crippen LogP contribution in [0.1, 0.15) is 20.8 Å². The van der Waals surface area contributed by atoms with E-state index in [0.717, 1.165) is 20.8 Å². The number of carbonyl (C=O) groups is 5. The molecule has 19 heavy (non-hydrogen) atoms. The molecule has 0 aliphatic heterocycles. The molecule has 0 aromatic heterocycles. The van der Waals surface area contributed by atoms with Crippen LogP contribution in [0.2, 0.25) is 0 Å². The number of aliphatic hydroxyl groups excluding tert-OH is 2. The Morgan fingerprint density at radius 3 is 1.58 bits per heavy atom. The lowest BCUT2D eigenvalue weighted by Crippen LogP contribution is -2.63. The van der Waals surface area contributed by atoms with E-state index in [-0.39, 0.29) is 0 Å². The molecule has 0 heterocycles. The summed E-state index contributed by atoms with van der Waals surface area (Å²) in [4.78, 5) is 56.8. The molecule has 0 fully saturated rings. The van der Waals surface area contributed by atoms with E-state index in [0.29, 0.717) is 0 Å². The van der Waals surface area contributed by atoms with Crippen molar-refractivity contribution in [1.29, 1.82) is 0 Å². The molecule has 0 rings (SSSR count). The lowest BCUT2D eigenvalue weighted by atomic mass is 9.83. The van der Waals surface area contributed by atoms with Crippen LogP contribution in [0.15, 0.2) is 0 Å². The molecule has 0 aliphatic rings. The Bertz CT molecular complexity index is 410. The smallest absolute Gasteiger partial charge is 0.304 e. The summed E-state index contributed by atoms with van der Waals surface area (Å²) < 4.78 is 4.45. The van der Waals surface area contributed by atoms with Crippen LogP contribution in [0.4, 0.5) is 0 Å². The van der Waals surface area contributed by atoms with Crippen molar-refractivity contribution in [2.24, 2.45) is 0 Å². The van der Waals surface area contributed by atoms with Gasteiger partial charge < -0.3 is 14.9 Å². The van der Waals surface area contributed by atoms with Crippen molar-refractivity contribution in [2.45, 2.75) is 32.5 Å². The topological polar surface area (TPSA) is 135 Å². The normalized spacial score (nSPS) is 12.5. The first kappa shape index (κ1) is 17.1. The standard InChI is InChI=1S/C11H14O8/c1-5(13)9(17)11(8(16)4-12,19-7(3)15)10(18)6(2)14/h8,12,16H,4H2,1-3H3. The lowest BCUT2D eigenvalue weighted by Gasteiger charge is -2.31. The van der Waals surface area contributed by atoms with Gasteiger partial charge in [-0.05, 0) is 0 Å². The van der Waals surface area contributed by atoms with E-state index < -0.39 is 47.4 Å². The van der Waals surface area contributed by atoms with E-state index in [4.69, 9.17) is 5.11 Å². The number of Topliss-reactive ketones (excluding diaryl/α,β-unsaturated/α-hetero) is 4. The Labute approximate surface area is 108 Å². The molecule has 0 aliphatic carbocycles. The van der Waals surface area contributed by atoms with Gasteiger partial charge in [0.15, 0.2) is 11.6 Å². The largest absolute Gasteiger partial charge is 0.439 e. The quantitative estimate of drug-likeness (QED) is 0.308. The number of hydrogen-bond acceptors (Lipinski definition) is 8. The molecule has 1 atom stereocenters. The predicted octanol–water partition coefficient (Wildman–Crippen LogP) is -2.04. The summed E-state index contributed by atoms with van der Waals surface area (Å²) in [5, 5.41) is 18.5. The zero-order valence-electron chi connectivity index (χ0n) is 10.6. The summed E-state index contributed by atoms with van der Waals surface area (Å²) >= 11 is 0. The van der Waals surface area contributed by atoms with Gasteiger partial charge in [-0.15, -0.1) is 0 Å². The summed E-state index contributed by atoms with van der Waals surface area (Å²) in [6.07, 6.45) is -2.22. The molecule has 0 radical (unpaired) electrons. The molecule has 0 saturated heterocycles. The highest BCUT2D eigenvalue weighted by atomic mass is 16.6. The third-order valence-electron chi connectivity index (χ3n) is 2.26. The first-order valence-corrected chi connectivity index (χ1v) is 5.20. The number of esters is 1. The van der Waals surface area contributed by atoms with E-state index in [1.165, 1.54) is 0 Å². The Morgan fingerprint density at radius 1 is 1.00 bits per heavy atom. The summed E-state index contributed by atoms with van der Waals surface area (Å²) in [6.45, 7) is 1.21. The minimum atomic E-state index is -3.03. The highest BCUT2D eigenvalue weighted by Gasteiger charge is 2.57. The van der Waals surface area contributed by atoms with Crippen LogP contribution < -0.4 is 0 Å². The average Bonchev–Trinajstić information content (AvgIpc) is 2.32. The fourth-order valence-electron chi connectivity index (χ4n) is 1.44. The summed E-state index contributed by atoms with van der Waals surface area (Å²) in [5.41, 5.74) is -3.03. The van der Waals surface area contributed by atoms with Gasteiger partial charge in [-0.3, -0.25) is 24.0 Å². The molecule has 2 N–H and O–H groups in total. The molecule has 0 bridgehead atoms. The van der Waals surface area contributed by atoms with Crippen molar-refractivity contribution in [2.75, 3.05) is 6.61 Å². The number of carbonyl (C=O) groups excluding carboxylic acids is 5. The van der Waals surface area contributed by atoms with Gasteiger partial charge >= 0.3 is 5.97 Å². The third-order valence-corrected chi connectivity index (χ3v) is 2.26. The Kier molecular flexibility index (Phi) is 5.66. The number of ketones is 4. The number of aliphatic hydroxyl groups is 2. The first-order chi connectivity index (χ1) is 8.61. The number of ether oxygens (including phenoxy) is 1. The fraction of sp³-hybridized carbons (Fsp3) is 0.545. The van der Waals surface area contributed by atoms with Crippen molar-refractivity contribution in [1.82, 2.24) is 0 Å². The van der Waals surface area contributed by atoms with Crippen LogP contribution >= 0.6 is 0 Å². The second-order valence-corrected chi connectivity index (χ2v) is 3.80.